The lowest BCUT2D eigenvalue weighted by Gasteiger charge is -2.31. The van der Waals surface area contributed by atoms with E-state index >= 15 is 0 Å². The van der Waals surface area contributed by atoms with Crippen LogP contribution in [0.1, 0.15) is 35.7 Å². The molecule has 4 amide bonds. The van der Waals surface area contributed by atoms with Crippen LogP contribution in [-0.2, 0) is 10.3 Å². The molecule has 3 rings (SSSR count). The van der Waals surface area contributed by atoms with E-state index in [1.54, 1.807) is 36.1 Å². The molecular weight excluding hydrogens is 296 g/mol. The van der Waals surface area contributed by atoms with E-state index in [1.165, 1.54) is 0 Å². The SMILES string of the molecule is C[C@]1(c2ccc(C(=O)N3CCC[C@H](N)C3)cc2)NC(=O)NC1=O. The second-order valence-electron chi connectivity index (χ2n) is 6.26. The van der Waals surface area contributed by atoms with Gasteiger partial charge in [-0.1, -0.05) is 12.1 Å². The Kier molecular flexibility index (Phi) is 3.81. The fourth-order valence-corrected chi connectivity index (χ4v) is 3.07. The van der Waals surface area contributed by atoms with Crippen molar-refractivity contribution in [2.45, 2.75) is 31.3 Å². The van der Waals surface area contributed by atoms with Crippen LogP contribution < -0.4 is 16.4 Å². The number of hydrogen-bond donors (Lipinski definition) is 3. The van der Waals surface area contributed by atoms with Gasteiger partial charge in [-0.05, 0) is 37.5 Å². The topological polar surface area (TPSA) is 105 Å². The number of likely N-dealkylation sites (tertiary alicyclic amines) is 1. The number of benzene rings is 1. The predicted octanol–water partition coefficient (Wildman–Crippen LogP) is 0.305. The Bertz CT molecular complexity index is 658. The second-order valence-corrected chi connectivity index (χ2v) is 6.26. The van der Waals surface area contributed by atoms with Crippen LogP contribution in [0.4, 0.5) is 4.79 Å². The number of carbonyl (C=O) groups excluding carboxylic acids is 3. The van der Waals surface area contributed by atoms with E-state index in [-0.39, 0.29) is 11.9 Å². The van der Waals surface area contributed by atoms with Crippen LogP contribution in [0.2, 0.25) is 0 Å². The van der Waals surface area contributed by atoms with Crippen LogP contribution in [-0.4, -0.2) is 41.9 Å². The summed E-state index contributed by atoms with van der Waals surface area (Å²) >= 11 is 0. The minimum Gasteiger partial charge on any atom is -0.337 e. The van der Waals surface area contributed by atoms with Crippen LogP contribution in [0.15, 0.2) is 24.3 Å². The summed E-state index contributed by atoms with van der Waals surface area (Å²) in [5.74, 6) is -0.458. The van der Waals surface area contributed by atoms with Gasteiger partial charge in [-0.15, -0.1) is 0 Å². The van der Waals surface area contributed by atoms with Gasteiger partial charge < -0.3 is 16.0 Å². The molecule has 2 fully saturated rings. The van der Waals surface area contributed by atoms with Gasteiger partial charge in [0.25, 0.3) is 11.8 Å². The van der Waals surface area contributed by atoms with E-state index in [0.717, 1.165) is 12.8 Å². The summed E-state index contributed by atoms with van der Waals surface area (Å²) in [6.45, 7) is 2.91. The quantitative estimate of drug-likeness (QED) is 0.683. The molecule has 0 saturated carbocycles. The molecule has 0 aliphatic carbocycles. The number of nitrogens with one attached hydrogen (secondary N) is 2. The predicted molar refractivity (Wildman–Crippen MR) is 83.6 cm³/mol. The lowest BCUT2D eigenvalue weighted by atomic mass is 9.91. The van der Waals surface area contributed by atoms with Crippen molar-refractivity contribution in [3.63, 3.8) is 0 Å². The van der Waals surface area contributed by atoms with Crippen molar-refractivity contribution in [3.05, 3.63) is 35.4 Å². The van der Waals surface area contributed by atoms with Gasteiger partial charge in [-0.2, -0.15) is 0 Å². The largest absolute Gasteiger partial charge is 0.337 e. The highest BCUT2D eigenvalue weighted by molar-refractivity contribution is 6.07. The Hall–Kier alpha value is -2.41. The Morgan fingerprint density at radius 2 is 2.00 bits per heavy atom. The Labute approximate surface area is 134 Å². The van der Waals surface area contributed by atoms with Crippen LogP contribution >= 0.6 is 0 Å². The monoisotopic (exact) mass is 316 g/mol. The Morgan fingerprint density at radius 3 is 2.57 bits per heavy atom. The zero-order valence-electron chi connectivity index (χ0n) is 13.0. The molecule has 0 spiro atoms. The minimum absolute atomic E-state index is 0.0308. The number of piperidine rings is 1. The first-order chi connectivity index (χ1) is 10.9. The number of nitrogens with two attached hydrogens (primary N) is 1. The number of hydrogen-bond acceptors (Lipinski definition) is 4. The molecule has 4 N–H and O–H groups in total. The molecule has 2 aliphatic rings. The fourth-order valence-electron chi connectivity index (χ4n) is 3.07. The fraction of sp³-hybridized carbons (Fsp3) is 0.438. The number of carbonyl (C=O) groups is 3. The average molecular weight is 316 g/mol. The summed E-state index contributed by atoms with van der Waals surface area (Å²) < 4.78 is 0. The van der Waals surface area contributed by atoms with E-state index in [1.807, 2.05) is 0 Å². The molecule has 2 atom stereocenters. The Morgan fingerprint density at radius 1 is 1.30 bits per heavy atom. The first kappa shape index (κ1) is 15.5. The molecule has 0 unspecified atom stereocenters. The van der Waals surface area contributed by atoms with Crippen molar-refractivity contribution in [1.82, 2.24) is 15.5 Å². The van der Waals surface area contributed by atoms with E-state index in [9.17, 15) is 14.4 Å². The van der Waals surface area contributed by atoms with Crippen molar-refractivity contribution in [1.29, 1.82) is 0 Å². The molecule has 7 nitrogen and oxygen atoms in total. The van der Waals surface area contributed by atoms with E-state index in [2.05, 4.69) is 10.6 Å². The number of urea groups is 1. The maximum Gasteiger partial charge on any atom is 0.322 e. The van der Waals surface area contributed by atoms with Gasteiger partial charge >= 0.3 is 6.03 Å². The highest BCUT2D eigenvalue weighted by Crippen LogP contribution is 2.25. The molecular formula is C16H20N4O3. The first-order valence-corrected chi connectivity index (χ1v) is 7.69. The maximum absolute atomic E-state index is 12.5. The highest BCUT2D eigenvalue weighted by atomic mass is 16.2. The van der Waals surface area contributed by atoms with Crippen molar-refractivity contribution in [3.8, 4) is 0 Å². The molecule has 7 heteroatoms. The molecule has 0 radical (unpaired) electrons. The molecule has 122 valence electrons. The zero-order chi connectivity index (χ0) is 16.6. The van der Waals surface area contributed by atoms with E-state index < -0.39 is 17.5 Å². The second kappa shape index (κ2) is 5.66. The van der Waals surface area contributed by atoms with Crippen LogP contribution in [0.3, 0.4) is 0 Å². The van der Waals surface area contributed by atoms with Gasteiger partial charge in [-0.25, -0.2) is 4.79 Å². The highest BCUT2D eigenvalue weighted by Gasteiger charge is 2.43. The van der Waals surface area contributed by atoms with Crippen LogP contribution in [0.25, 0.3) is 0 Å². The summed E-state index contributed by atoms with van der Waals surface area (Å²) in [5, 5.41) is 4.82. The van der Waals surface area contributed by atoms with Crippen LogP contribution in [0.5, 0.6) is 0 Å². The first-order valence-electron chi connectivity index (χ1n) is 7.69. The molecule has 2 saturated heterocycles. The maximum atomic E-state index is 12.5. The van der Waals surface area contributed by atoms with Gasteiger partial charge in [0.15, 0.2) is 0 Å². The summed E-state index contributed by atoms with van der Waals surface area (Å²) in [5.41, 5.74) is 5.99. The molecule has 23 heavy (non-hydrogen) atoms. The van der Waals surface area contributed by atoms with Gasteiger partial charge in [0, 0.05) is 24.7 Å². The van der Waals surface area contributed by atoms with Crippen molar-refractivity contribution >= 4 is 17.8 Å². The van der Waals surface area contributed by atoms with E-state index in [0.29, 0.717) is 24.2 Å². The zero-order valence-corrected chi connectivity index (χ0v) is 13.0. The van der Waals surface area contributed by atoms with Crippen LogP contribution in [0, 0.1) is 0 Å². The van der Waals surface area contributed by atoms with Gasteiger partial charge in [0.1, 0.15) is 5.54 Å². The number of imide groups is 1. The van der Waals surface area contributed by atoms with Gasteiger partial charge in [-0.3, -0.25) is 14.9 Å². The number of amides is 4. The molecule has 0 bridgehead atoms. The summed E-state index contributed by atoms with van der Waals surface area (Å²) in [6, 6.07) is 6.27. The molecule has 2 aliphatic heterocycles. The number of nitrogens with zero attached hydrogens (tertiary/aromatic N) is 1. The van der Waals surface area contributed by atoms with E-state index in [4.69, 9.17) is 5.73 Å². The molecule has 0 aromatic heterocycles. The standard InChI is InChI=1S/C16H20N4O3/c1-16(14(22)18-15(23)19-16)11-6-4-10(5-7-11)13(21)20-8-2-3-12(17)9-20/h4-7,12H,2-3,8-9,17H2,1H3,(H2,18,19,22,23)/t12-,16+/m0/s1. The normalized spacial score (nSPS) is 27.6. The molecule has 1 aromatic carbocycles. The molecule has 2 heterocycles. The molecule has 1 aromatic rings. The van der Waals surface area contributed by atoms with Crippen molar-refractivity contribution in [2.75, 3.05) is 13.1 Å². The third-order valence-corrected chi connectivity index (χ3v) is 4.50. The number of rotatable bonds is 2. The van der Waals surface area contributed by atoms with Crippen molar-refractivity contribution in [2.24, 2.45) is 5.73 Å². The summed E-state index contributed by atoms with van der Waals surface area (Å²) in [7, 11) is 0. The third kappa shape index (κ3) is 2.79. The minimum atomic E-state index is -1.11. The average Bonchev–Trinajstić information content (AvgIpc) is 2.80. The van der Waals surface area contributed by atoms with Gasteiger partial charge in [0.2, 0.25) is 0 Å². The summed E-state index contributed by atoms with van der Waals surface area (Å²) in [4.78, 5) is 37.5. The summed E-state index contributed by atoms with van der Waals surface area (Å²) in [6.07, 6.45) is 1.85. The smallest absolute Gasteiger partial charge is 0.322 e. The lowest BCUT2D eigenvalue weighted by molar-refractivity contribution is -0.123. The van der Waals surface area contributed by atoms with Crippen molar-refractivity contribution < 1.29 is 14.4 Å². The van der Waals surface area contributed by atoms with Gasteiger partial charge in [0.05, 0.1) is 0 Å². The third-order valence-electron chi connectivity index (χ3n) is 4.50. The lowest BCUT2D eigenvalue weighted by Crippen LogP contribution is -2.45. The Balaban J connectivity index is 1.78.